The zero-order valence-electron chi connectivity index (χ0n) is 19.1. The van der Waals surface area contributed by atoms with Crippen molar-refractivity contribution >= 4 is 23.6 Å². The maximum Gasteiger partial charge on any atom is 0.242 e. The lowest BCUT2D eigenvalue weighted by molar-refractivity contribution is -0.141. The van der Waals surface area contributed by atoms with Gasteiger partial charge in [-0.25, -0.2) is 0 Å². The highest BCUT2D eigenvalue weighted by Gasteiger charge is 2.28. The molecule has 0 aliphatic carbocycles. The first kappa shape index (κ1) is 25.0. The highest BCUT2D eigenvalue weighted by molar-refractivity contribution is 7.98. The smallest absolute Gasteiger partial charge is 0.242 e. The fourth-order valence-electron chi connectivity index (χ4n) is 3.46. The molecule has 0 bridgehead atoms. The highest BCUT2D eigenvalue weighted by Crippen LogP contribution is 2.18. The number of hydrogen-bond acceptors (Lipinski definition) is 3. The average Bonchev–Trinajstić information content (AvgIpc) is 2.78. The molecule has 0 unspecified atom stereocenters. The van der Waals surface area contributed by atoms with Crippen molar-refractivity contribution in [3.63, 3.8) is 0 Å². The van der Waals surface area contributed by atoms with Crippen molar-refractivity contribution in [3.8, 4) is 0 Å². The third-order valence-corrected chi connectivity index (χ3v) is 6.42. The molecule has 0 aliphatic rings. The van der Waals surface area contributed by atoms with E-state index >= 15 is 0 Å². The van der Waals surface area contributed by atoms with Gasteiger partial charge in [-0.15, -0.1) is 0 Å². The van der Waals surface area contributed by atoms with Gasteiger partial charge in [-0.3, -0.25) is 9.59 Å². The molecule has 2 aromatic carbocycles. The van der Waals surface area contributed by atoms with E-state index in [2.05, 4.69) is 37.4 Å². The van der Waals surface area contributed by atoms with Crippen molar-refractivity contribution < 1.29 is 9.59 Å². The van der Waals surface area contributed by atoms with Crippen LogP contribution in [0.3, 0.4) is 0 Å². The van der Waals surface area contributed by atoms with Crippen LogP contribution in [0.15, 0.2) is 54.6 Å². The summed E-state index contributed by atoms with van der Waals surface area (Å²) >= 11 is 1.76. The second-order valence-electron chi connectivity index (χ2n) is 7.80. The molecule has 2 amide bonds. The molecule has 4 nitrogen and oxygen atoms in total. The quantitative estimate of drug-likeness (QED) is 0.428. The Bertz CT molecular complexity index is 810. The van der Waals surface area contributed by atoms with Crippen LogP contribution >= 0.6 is 11.8 Å². The van der Waals surface area contributed by atoms with Crippen molar-refractivity contribution in [2.45, 2.75) is 64.8 Å². The van der Waals surface area contributed by atoms with Gasteiger partial charge in [-0.1, -0.05) is 74.9 Å². The van der Waals surface area contributed by atoms with Gasteiger partial charge >= 0.3 is 0 Å². The Labute approximate surface area is 191 Å². The second kappa shape index (κ2) is 13.9. The number of unbranched alkanes of at least 4 members (excludes halogenated alkanes) is 1. The van der Waals surface area contributed by atoms with Gasteiger partial charge in [0, 0.05) is 31.0 Å². The fraction of sp³-hybridized carbons (Fsp3) is 0.462. The maximum atomic E-state index is 13.2. The van der Waals surface area contributed by atoms with E-state index in [0.29, 0.717) is 25.9 Å². The predicted molar refractivity (Wildman–Crippen MR) is 131 cm³/mol. The molecule has 31 heavy (non-hydrogen) atoms. The molecular formula is C26H36N2O2S. The van der Waals surface area contributed by atoms with Crippen LogP contribution in [0.25, 0.3) is 0 Å². The van der Waals surface area contributed by atoms with Gasteiger partial charge in [-0.05, 0) is 36.5 Å². The zero-order valence-corrected chi connectivity index (χ0v) is 19.9. The lowest BCUT2D eigenvalue weighted by Crippen LogP contribution is -2.49. The fourth-order valence-corrected chi connectivity index (χ4v) is 4.36. The largest absolute Gasteiger partial charge is 0.354 e. The van der Waals surface area contributed by atoms with E-state index in [-0.39, 0.29) is 11.8 Å². The van der Waals surface area contributed by atoms with Crippen molar-refractivity contribution in [1.29, 1.82) is 0 Å². The summed E-state index contributed by atoms with van der Waals surface area (Å²) in [5.41, 5.74) is 3.49. The van der Waals surface area contributed by atoms with E-state index < -0.39 is 6.04 Å². The van der Waals surface area contributed by atoms with Crippen molar-refractivity contribution in [1.82, 2.24) is 10.2 Å². The Balaban J connectivity index is 2.05. The Morgan fingerprint density at radius 3 is 2.42 bits per heavy atom. The molecule has 0 spiro atoms. The summed E-state index contributed by atoms with van der Waals surface area (Å²) in [6.45, 7) is 7.26. The first-order chi connectivity index (χ1) is 15.1. The van der Waals surface area contributed by atoms with Gasteiger partial charge in [0.25, 0.3) is 0 Å². The number of rotatable bonds is 13. The Morgan fingerprint density at radius 1 is 1.03 bits per heavy atom. The van der Waals surface area contributed by atoms with Gasteiger partial charge < -0.3 is 10.2 Å². The minimum absolute atomic E-state index is 0.0429. The van der Waals surface area contributed by atoms with Gasteiger partial charge in [0.05, 0.1) is 0 Å². The van der Waals surface area contributed by atoms with E-state index in [1.807, 2.05) is 43.3 Å². The number of benzene rings is 2. The molecule has 1 atom stereocenters. The highest BCUT2D eigenvalue weighted by atomic mass is 32.2. The van der Waals surface area contributed by atoms with Crippen LogP contribution in [0.5, 0.6) is 0 Å². The summed E-state index contributed by atoms with van der Waals surface area (Å²) in [6.07, 6.45) is 3.01. The van der Waals surface area contributed by atoms with Gasteiger partial charge in [0.15, 0.2) is 0 Å². The molecule has 0 aliphatic heterocycles. The number of carbonyl (C=O) groups excluding carboxylic acids is 2. The van der Waals surface area contributed by atoms with Crippen molar-refractivity contribution in [2.75, 3.05) is 12.3 Å². The van der Waals surface area contributed by atoms with Crippen LogP contribution in [-0.4, -0.2) is 35.1 Å². The number of nitrogens with zero attached hydrogens (tertiary/aromatic N) is 1. The first-order valence-corrected chi connectivity index (χ1v) is 12.5. The molecule has 0 fully saturated rings. The summed E-state index contributed by atoms with van der Waals surface area (Å²) in [5.74, 6) is 1.63. The Morgan fingerprint density at radius 2 is 1.74 bits per heavy atom. The van der Waals surface area contributed by atoms with Crippen LogP contribution in [0, 0.1) is 6.92 Å². The van der Waals surface area contributed by atoms with E-state index in [4.69, 9.17) is 0 Å². The minimum Gasteiger partial charge on any atom is -0.354 e. The van der Waals surface area contributed by atoms with Crippen LogP contribution < -0.4 is 5.32 Å². The summed E-state index contributed by atoms with van der Waals surface area (Å²) in [6, 6.07) is 17.9. The molecule has 2 aromatic rings. The SMILES string of the molecule is CCCCNC(=O)[C@H](CC)N(Cc1ccccc1C)C(=O)CCSCc1ccccc1. The summed E-state index contributed by atoms with van der Waals surface area (Å²) in [7, 11) is 0. The van der Waals surface area contributed by atoms with Crippen LogP contribution in [-0.2, 0) is 21.9 Å². The zero-order chi connectivity index (χ0) is 22.5. The Kier molecular flexibility index (Phi) is 11.2. The monoisotopic (exact) mass is 440 g/mol. The van der Waals surface area contributed by atoms with Crippen molar-refractivity contribution in [2.24, 2.45) is 0 Å². The molecule has 0 aromatic heterocycles. The predicted octanol–water partition coefficient (Wildman–Crippen LogP) is 5.34. The molecule has 2 rings (SSSR count). The molecular weight excluding hydrogens is 404 g/mol. The summed E-state index contributed by atoms with van der Waals surface area (Å²) in [5, 5.41) is 3.02. The van der Waals surface area contributed by atoms with E-state index in [0.717, 1.165) is 35.5 Å². The Hall–Kier alpha value is -2.27. The van der Waals surface area contributed by atoms with E-state index in [1.54, 1.807) is 16.7 Å². The lowest BCUT2D eigenvalue weighted by Gasteiger charge is -2.31. The number of hydrogen-bond donors (Lipinski definition) is 1. The number of aryl methyl sites for hydroxylation is 1. The lowest BCUT2D eigenvalue weighted by atomic mass is 10.1. The number of carbonyl (C=O) groups is 2. The van der Waals surface area contributed by atoms with Crippen LogP contribution in [0.1, 0.15) is 56.2 Å². The molecule has 0 saturated carbocycles. The third-order valence-electron chi connectivity index (χ3n) is 5.39. The third kappa shape index (κ3) is 8.41. The molecule has 0 heterocycles. The molecule has 1 N–H and O–H groups in total. The molecule has 168 valence electrons. The summed E-state index contributed by atoms with van der Waals surface area (Å²) < 4.78 is 0. The molecule has 5 heteroatoms. The summed E-state index contributed by atoms with van der Waals surface area (Å²) in [4.78, 5) is 27.9. The average molecular weight is 441 g/mol. The molecule has 0 radical (unpaired) electrons. The standard InChI is InChI=1S/C26H36N2O2S/c1-4-6-17-27-26(30)24(5-2)28(19-23-15-11-10-12-21(23)3)25(29)16-18-31-20-22-13-8-7-9-14-22/h7-15,24H,4-6,16-20H2,1-3H3,(H,27,30)/t24-/m0/s1. The minimum atomic E-state index is -0.442. The first-order valence-electron chi connectivity index (χ1n) is 11.3. The van der Waals surface area contributed by atoms with Crippen LogP contribution in [0.4, 0.5) is 0 Å². The van der Waals surface area contributed by atoms with Crippen LogP contribution in [0.2, 0.25) is 0 Å². The van der Waals surface area contributed by atoms with Gasteiger partial charge in [0.1, 0.15) is 6.04 Å². The number of nitrogens with one attached hydrogen (secondary N) is 1. The molecule has 0 saturated heterocycles. The number of thioether (sulfide) groups is 1. The number of amides is 2. The van der Waals surface area contributed by atoms with E-state index in [1.165, 1.54) is 5.56 Å². The maximum absolute atomic E-state index is 13.2. The van der Waals surface area contributed by atoms with E-state index in [9.17, 15) is 9.59 Å². The van der Waals surface area contributed by atoms with Gasteiger partial charge in [-0.2, -0.15) is 11.8 Å². The van der Waals surface area contributed by atoms with Gasteiger partial charge in [0.2, 0.25) is 11.8 Å². The normalized spacial score (nSPS) is 11.7. The van der Waals surface area contributed by atoms with Crippen molar-refractivity contribution in [3.05, 3.63) is 71.3 Å². The topological polar surface area (TPSA) is 49.4 Å². The second-order valence-corrected chi connectivity index (χ2v) is 8.91.